The van der Waals surface area contributed by atoms with Crippen molar-refractivity contribution in [2.24, 2.45) is 0 Å². The molecule has 1 aromatic heterocycles. The van der Waals surface area contributed by atoms with Gasteiger partial charge in [-0.15, -0.1) is 11.3 Å². The highest BCUT2D eigenvalue weighted by Crippen LogP contribution is 2.24. The van der Waals surface area contributed by atoms with E-state index >= 15 is 0 Å². The van der Waals surface area contributed by atoms with E-state index in [1.165, 1.54) is 17.6 Å². The molecule has 1 N–H and O–H groups in total. The van der Waals surface area contributed by atoms with Crippen LogP contribution in [0.3, 0.4) is 0 Å². The van der Waals surface area contributed by atoms with Crippen LogP contribution in [0.2, 0.25) is 0 Å². The van der Waals surface area contributed by atoms with Gasteiger partial charge in [0.1, 0.15) is 4.88 Å². The molecular weight excluding hydrogens is 412 g/mol. The number of rotatable bonds is 7. The maximum absolute atomic E-state index is 12.5. The number of amides is 1. The van der Waals surface area contributed by atoms with Crippen molar-refractivity contribution in [1.29, 1.82) is 0 Å². The predicted molar refractivity (Wildman–Crippen MR) is 114 cm³/mol. The molecule has 2 aliphatic heterocycles. The van der Waals surface area contributed by atoms with Gasteiger partial charge in [0.15, 0.2) is 0 Å². The van der Waals surface area contributed by atoms with E-state index in [9.17, 15) is 13.2 Å². The topological polar surface area (TPSA) is 91.8 Å². The quantitative estimate of drug-likeness (QED) is 0.683. The molecule has 1 atom stereocenters. The summed E-state index contributed by atoms with van der Waals surface area (Å²) in [6.07, 6.45) is 5.01. The highest BCUT2D eigenvalue weighted by molar-refractivity contribution is 7.88. The fourth-order valence-corrected chi connectivity index (χ4v) is 6.03. The number of carbonyl (C=O) groups is 1. The molecular formula is C19H32N4O4S2. The summed E-state index contributed by atoms with van der Waals surface area (Å²) in [4.78, 5) is 19.9. The molecule has 2 saturated heterocycles. The third-order valence-electron chi connectivity index (χ3n) is 5.72. The monoisotopic (exact) mass is 444 g/mol. The molecule has 3 heterocycles. The Morgan fingerprint density at radius 2 is 2.00 bits per heavy atom. The second-order valence-corrected chi connectivity index (χ2v) is 11.1. The van der Waals surface area contributed by atoms with Gasteiger partial charge in [0.25, 0.3) is 5.91 Å². The van der Waals surface area contributed by atoms with E-state index in [1.807, 2.05) is 13.8 Å². The summed E-state index contributed by atoms with van der Waals surface area (Å²) in [5.74, 6) is -0.0820. The highest BCUT2D eigenvalue weighted by Gasteiger charge is 2.33. The number of thiazole rings is 1. The minimum Gasteiger partial charge on any atom is -0.381 e. The summed E-state index contributed by atoms with van der Waals surface area (Å²) >= 11 is 1.41. The molecule has 1 aromatic rings. The molecule has 0 saturated carbocycles. The Morgan fingerprint density at radius 1 is 1.28 bits per heavy atom. The van der Waals surface area contributed by atoms with Gasteiger partial charge in [0.2, 0.25) is 10.0 Å². The largest absolute Gasteiger partial charge is 0.381 e. The molecule has 0 spiro atoms. The van der Waals surface area contributed by atoms with Crippen molar-refractivity contribution in [2.75, 3.05) is 45.6 Å². The zero-order valence-corrected chi connectivity index (χ0v) is 19.1. The average molecular weight is 445 g/mol. The van der Waals surface area contributed by atoms with Gasteiger partial charge in [-0.05, 0) is 39.5 Å². The predicted octanol–water partition coefficient (Wildman–Crippen LogP) is 1.39. The van der Waals surface area contributed by atoms with Crippen LogP contribution in [0.5, 0.6) is 0 Å². The molecule has 0 radical (unpaired) electrons. The van der Waals surface area contributed by atoms with Gasteiger partial charge < -0.3 is 10.1 Å². The smallest absolute Gasteiger partial charge is 0.263 e. The van der Waals surface area contributed by atoms with Gasteiger partial charge in [-0.2, -0.15) is 0 Å². The second kappa shape index (κ2) is 9.82. The number of sulfonamides is 1. The van der Waals surface area contributed by atoms with Gasteiger partial charge in [0.05, 0.1) is 17.0 Å². The molecule has 2 fully saturated rings. The maximum Gasteiger partial charge on any atom is 0.263 e. The lowest BCUT2D eigenvalue weighted by Crippen LogP contribution is -2.55. The standard InChI is InChI=1S/C19H32N4O4S2/c1-14-18(28-15(2)21-14)19(24)20-8-10-23(16-6-11-27-12-7-16)17-5-4-9-22(13-17)29(3,25)26/h16-17H,4-13H2,1-3H3,(H,20,24). The van der Waals surface area contributed by atoms with Crippen LogP contribution in [-0.2, 0) is 14.8 Å². The number of nitrogens with one attached hydrogen (secondary N) is 1. The SMILES string of the molecule is Cc1nc(C)c(C(=O)NCCN(C2CCOCC2)C2CCCN(S(C)(=O)=O)C2)s1. The number of piperidine rings is 1. The number of hydrogen-bond donors (Lipinski definition) is 1. The van der Waals surface area contributed by atoms with Gasteiger partial charge >= 0.3 is 0 Å². The van der Waals surface area contributed by atoms with E-state index in [-0.39, 0.29) is 11.9 Å². The first-order chi connectivity index (χ1) is 13.8. The number of ether oxygens (including phenoxy) is 1. The van der Waals surface area contributed by atoms with Gasteiger partial charge in [-0.1, -0.05) is 0 Å². The summed E-state index contributed by atoms with van der Waals surface area (Å²) in [6.45, 7) is 7.57. The summed E-state index contributed by atoms with van der Waals surface area (Å²) in [5.41, 5.74) is 0.766. The van der Waals surface area contributed by atoms with Crippen LogP contribution in [-0.4, -0.2) is 86.2 Å². The molecule has 2 aliphatic rings. The fraction of sp³-hybridized carbons (Fsp3) is 0.789. The lowest BCUT2D eigenvalue weighted by molar-refractivity contribution is 0.00673. The highest BCUT2D eigenvalue weighted by atomic mass is 32.2. The van der Waals surface area contributed by atoms with Crippen molar-refractivity contribution in [2.45, 2.75) is 51.6 Å². The van der Waals surface area contributed by atoms with E-state index in [2.05, 4.69) is 15.2 Å². The zero-order chi connectivity index (χ0) is 21.0. The van der Waals surface area contributed by atoms with Crippen LogP contribution < -0.4 is 5.32 Å². The van der Waals surface area contributed by atoms with Gasteiger partial charge in [-0.25, -0.2) is 17.7 Å². The molecule has 164 valence electrons. The molecule has 0 aromatic carbocycles. The van der Waals surface area contributed by atoms with Crippen molar-refractivity contribution < 1.29 is 17.9 Å². The van der Waals surface area contributed by atoms with E-state index in [0.29, 0.717) is 37.1 Å². The minimum atomic E-state index is -3.19. The molecule has 1 amide bonds. The average Bonchev–Trinajstić information content (AvgIpc) is 3.03. The van der Waals surface area contributed by atoms with Crippen LogP contribution in [0.15, 0.2) is 0 Å². The van der Waals surface area contributed by atoms with Crippen LogP contribution >= 0.6 is 11.3 Å². The lowest BCUT2D eigenvalue weighted by atomic mass is 9.99. The molecule has 3 rings (SSSR count). The van der Waals surface area contributed by atoms with Crippen molar-refractivity contribution >= 4 is 27.3 Å². The van der Waals surface area contributed by atoms with Crippen molar-refractivity contribution in [1.82, 2.24) is 19.5 Å². The zero-order valence-electron chi connectivity index (χ0n) is 17.5. The maximum atomic E-state index is 12.5. The van der Waals surface area contributed by atoms with Crippen molar-refractivity contribution in [3.63, 3.8) is 0 Å². The van der Waals surface area contributed by atoms with E-state index in [4.69, 9.17) is 4.74 Å². The third-order valence-corrected chi connectivity index (χ3v) is 8.06. The van der Waals surface area contributed by atoms with Gasteiger partial charge in [-0.3, -0.25) is 9.69 Å². The molecule has 1 unspecified atom stereocenters. The van der Waals surface area contributed by atoms with E-state index in [0.717, 1.165) is 49.6 Å². The number of aryl methyl sites for hydroxylation is 2. The number of aromatic nitrogens is 1. The number of carbonyl (C=O) groups excluding carboxylic acids is 1. The van der Waals surface area contributed by atoms with Crippen molar-refractivity contribution in [3.8, 4) is 0 Å². The lowest BCUT2D eigenvalue weighted by Gasteiger charge is -2.43. The number of hydrogen-bond acceptors (Lipinski definition) is 7. The van der Waals surface area contributed by atoms with E-state index in [1.54, 1.807) is 4.31 Å². The molecule has 10 heteroatoms. The van der Waals surface area contributed by atoms with Crippen LogP contribution in [0.25, 0.3) is 0 Å². The summed E-state index contributed by atoms with van der Waals surface area (Å²) in [7, 11) is -3.19. The Labute approximate surface area is 177 Å². The summed E-state index contributed by atoms with van der Waals surface area (Å²) < 4.78 is 31.2. The molecule has 8 nitrogen and oxygen atoms in total. The van der Waals surface area contributed by atoms with Crippen LogP contribution in [0, 0.1) is 13.8 Å². The Bertz CT molecular complexity index is 805. The van der Waals surface area contributed by atoms with E-state index < -0.39 is 10.0 Å². The normalized spacial score (nSPS) is 22.1. The molecule has 0 aliphatic carbocycles. The van der Waals surface area contributed by atoms with Crippen LogP contribution in [0.4, 0.5) is 0 Å². The summed E-state index contributed by atoms with van der Waals surface area (Å²) in [5, 5.41) is 3.92. The minimum absolute atomic E-state index is 0.0820. The first-order valence-electron chi connectivity index (χ1n) is 10.3. The third kappa shape index (κ3) is 5.97. The van der Waals surface area contributed by atoms with Gasteiger partial charge in [0, 0.05) is 51.5 Å². The molecule has 0 bridgehead atoms. The number of nitrogens with zero attached hydrogens (tertiary/aromatic N) is 3. The Kier molecular flexibility index (Phi) is 7.66. The Balaban J connectivity index is 1.64. The first kappa shape index (κ1) is 22.6. The second-order valence-electron chi connectivity index (χ2n) is 7.90. The molecule has 29 heavy (non-hydrogen) atoms. The van der Waals surface area contributed by atoms with Crippen LogP contribution in [0.1, 0.15) is 46.1 Å². The summed E-state index contributed by atoms with van der Waals surface area (Å²) in [6, 6.07) is 0.531. The van der Waals surface area contributed by atoms with Crippen molar-refractivity contribution in [3.05, 3.63) is 15.6 Å². The first-order valence-corrected chi connectivity index (χ1v) is 12.9. The Morgan fingerprint density at radius 3 is 2.62 bits per heavy atom. The fourth-order valence-electron chi connectivity index (χ4n) is 4.29. The Hall–Kier alpha value is -1.07.